The first-order valence-corrected chi connectivity index (χ1v) is 9.94. The number of carbonyl (C=O) groups excluding carboxylic acids is 1. The summed E-state index contributed by atoms with van der Waals surface area (Å²) in [5.41, 5.74) is 3.22. The molecule has 0 bridgehead atoms. The van der Waals surface area contributed by atoms with Gasteiger partial charge in [0.15, 0.2) is 9.84 Å². The van der Waals surface area contributed by atoms with E-state index >= 15 is 0 Å². The molecule has 0 aromatic heterocycles. The Balaban J connectivity index is 1.72. The van der Waals surface area contributed by atoms with Gasteiger partial charge < -0.3 is 5.32 Å². The van der Waals surface area contributed by atoms with E-state index in [1.54, 1.807) is 31.2 Å². The second-order valence-corrected chi connectivity index (χ2v) is 8.10. The Morgan fingerprint density at radius 1 is 0.808 bits per heavy atom. The van der Waals surface area contributed by atoms with Crippen LogP contribution < -0.4 is 5.32 Å². The Labute approximate surface area is 153 Å². The molecular weight excluding hydrogens is 346 g/mol. The molecule has 0 aliphatic heterocycles. The molecule has 26 heavy (non-hydrogen) atoms. The van der Waals surface area contributed by atoms with Crippen LogP contribution in [0.4, 0.5) is 5.69 Å². The Morgan fingerprint density at radius 2 is 1.38 bits per heavy atom. The summed E-state index contributed by atoms with van der Waals surface area (Å²) in [5.74, 6) is -0.192. The SMILES string of the molecule is CCS(=O)(=O)c1ccc(NC(=O)c2ccc(-c3ccccc3)cc2)cc1. The van der Waals surface area contributed by atoms with E-state index in [0.29, 0.717) is 11.3 Å². The van der Waals surface area contributed by atoms with Crippen molar-refractivity contribution in [3.63, 3.8) is 0 Å². The molecule has 0 fully saturated rings. The van der Waals surface area contributed by atoms with Gasteiger partial charge in [0.1, 0.15) is 0 Å². The van der Waals surface area contributed by atoms with Gasteiger partial charge in [0.2, 0.25) is 0 Å². The summed E-state index contributed by atoms with van der Waals surface area (Å²) in [6.07, 6.45) is 0. The molecule has 132 valence electrons. The Morgan fingerprint density at radius 3 is 1.96 bits per heavy atom. The minimum absolute atomic E-state index is 0.0481. The summed E-state index contributed by atoms with van der Waals surface area (Å²) in [4.78, 5) is 12.6. The van der Waals surface area contributed by atoms with E-state index in [1.165, 1.54) is 12.1 Å². The van der Waals surface area contributed by atoms with Gasteiger partial charge in [0.25, 0.3) is 5.91 Å². The molecule has 0 saturated carbocycles. The molecule has 1 amide bonds. The molecule has 5 heteroatoms. The maximum absolute atomic E-state index is 12.4. The maximum atomic E-state index is 12.4. The number of carbonyl (C=O) groups is 1. The molecule has 0 aliphatic rings. The van der Waals surface area contributed by atoms with Crippen LogP contribution in [0.15, 0.2) is 83.8 Å². The molecule has 3 aromatic carbocycles. The van der Waals surface area contributed by atoms with E-state index in [4.69, 9.17) is 0 Å². The molecular formula is C21H19NO3S. The molecule has 0 spiro atoms. The topological polar surface area (TPSA) is 63.2 Å². The molecule has 0 aliphatic carbocycles. The Bertz CT molecular complexity index is 993. The van der Waals surface area contributed by atoms with Crippen molar-refractivity contribution in [2.45, 2.75) is 11.8 Å². The molecule has 3 aromatic rings. The lowest BCUT2D eigenvalue weighted by Gasteiger charge is -2.08. The molecule has 0 radical (unpaired) electrons. The van der Waals surface area contributed by atoms with Gasteiger partial charge in [-0.1, -0.05) is 49.4 Å². The minimum atomic E-state index is -3.24. The van der Waals surface area contributed by atoms with Crippen LogP contribution in [-0.2, 0) is 9.84 Å². The van der Waals surface area contributed by atoms with Gasteiger partial charge in [-0.25, -0.2) is 8.42 Å². The summed E-state index contributed by atoms with van der Waals surface area (Å²) < 4.78 is 23.6. The third kappa shape index (κ3) is 4.00. The van der Waals surface area contributed by atoms with Crippen LogP contribution in [0.2, 0.25) is 0 Å². The zero-order chi connectivity index (χ0) is 18.6. The molecule has 4 nitrogen and oxygen atoms in total. The van der Waals surface area contributed by atoms with Gasteiger partial charge in [0, 0.05) is 11.3 Å². The van der Waals surface area contributed by atoms with Crippen molar-refractivity contribution in [2.75, 3.05) is 11.1 Å². The number of sulfone groups is 1. The first-order valence-electron chi connectivity index (χ1n) is 8.29. The van der Waals surface area contributed by atoms with Gasteiger partial charge in [-0.15, -0.1) is 0 Å². The van der Waals surface area contributed by atoms with E-state index in [1.807, 2.05) is 42.5 Å². The first-order chi connectivity index (χ1) is 12.5. The van der Waals surface area contributed by atoms with Gasteiger partial charge >= 0.3 is 0 Å². The highest BCUT2D eigenvalue weighted by molar-refractivity contribution is 7.91. The lowest BCUT2D eigenvalue weighted by molar-refractivity contribution is 0.102. The van der Waals surface area contributed by atoms with Crippen molar-refractivity contribution in [1.82, 2.24) is 0 Å². The van der Waals surface area contributed by atoms with Crippen LogP contribution in [0.5, 0.6) is 0 Å². The average molecular weight is 365 g/mol. The predicted molar refractivity (Wildman–Crippen MR) is 104 cm³/mol. The average Bonchev–Trinajstić information content (AvgIpc) is 2.69. The summed E-state index contributed by atoms with van der Waals surface area (Å²) in [6, 6.07) is 23.5. The monoisotopic (exact) mass is 365 g/mol. The smallest absolute Gasteiger partial charge is 0.255 e. The summed E-state index contributed by atoms with van der Waals surface area (Å²) in [7, 11) is -3.24. The van der Waals surface area contributed by atoms with E-state index < -0.39 is 9.84 Å². The molecule has 0 heterocycles. The van der Waals surface area contributed by atoms with Gasteiger partial charge in [-0.2, -0.15) is 0 Å². The van der Waals surface area contributed by atoms with E-state index in [0.717, 1.165) is 11.1 Å². The summed E-state index contributed by atoms with van der Waals surface area (Å²) in [6.45, 7) is 1.60. The quantitative estimate of drug-likeness (QED) is 0.729. The van der Waals surface area contributed by atoms with Gasteiger partial charge in [0.05, 0.1) is 10.6 Å². The van der Waals surface area contributed by atoms with Crippen LogP contribution in [0, 0.1) is 0 Å². The van der Waals surface area contributed by atoms with Gasteiger partial charge in [-0.3, -0.25) is 4.79 Å². The van der Waals surface area contributed by atoms with Crippen molar-refractivity contribution in [2.24, 2.45) is 0 Å². The highest BCUT2D eigenvalue weighted by Gasteiger charge is 2.12. The van der Waals surface area contributed by atoms with E-state index in [-0.39, 0.29) is 16.6 Å². The third-order valence-corrected chi connectivity index (χ3v) is 5.86. The van der Waals surface area contributed by atoms with Crippen molar-refractivity contribution in [3.05, 3.63) is 84.4 Å². The lowest BCUT2D eigenvalue weighted by atomic mass is 10.0. The van der Waals surface area contributed by atoms with Crippen LogP contribution in [0.25, 0.3) is 11.1 Å². The molecule has 1 N–H and O–H groups in total. The fourth-order valence-electron chi connectivity index (χ4n) is 2.56. The number of anilines is 1. The number of benzene rings is 3. The maximum Gasteiger partial charge on any atom is 0.255 e. The van der Waals surface area contributed by atoms with Crippen molar-refractivity contribution < 1.29 is 13.2 Å². The number of amides is 1. The van der Waals surface area contributed by atoms with Gasteiger partial charge in [-0.05, 0) is 47.5 Å². The number of rotatable bonds is 5. The van der Waals surface area contributed by atoms with Crippen LogP contribution in [-0.4, -0.2) is 20.1 Å². The van der Waals surface area contributed by atoms with Crippen molar-refractivity contribution in [3.8, 4) is 11.1 Å². The Hall–Kier alpha value is -2.92. The predicted octanol–water partition coefficient (Wildman–Crippen LogP) is 4.40. The Kier molecular flexibility index (Phi) is 5.19. The fourth-order valence-corrected chi connectivity index (χ4v) is 3.44. The summed E-state index contributed by atoms with van der Waals surface area (Å²) in [5, 5.41) is 2.78. The molecule has 3 rings (SSSR count). The summed E-state index contributed by atoms with van der Waals surface area (Å²) >= 11 is 0. The fraction of sp³-hybridized carbons (Fsp3) is 0.0952. The number of nitrogens with one attached hydrogen (secondary N) is 1. The van der Waals surface area contributed by atoms with Crippen molar-refractivity contribution in [1.29, 1.82) is 0 Å². The third-order valence-electron chi connectivity index (χ3n) is 4.11. The molecule has 0 atom stereocenters. The van der Waals surface area contributed by atoms with E-state index in [2.05, 4.69) is 5.32 Å². The zero-order valence-electron chi connectivity index (χ0n) is 14.3. The molecule has 0 unspecified atom stereocenters. The zero-order valence-corrected chi connectivity index (χ0v) is 15.2. The standard InChI is InChI=1S/C21H19NO3S/c1-2-26(24,25)20-14-12-19(13-15-20)22-21(23)18-10-8-17(9-11-18)16-6-4-3-5-7-16/h3-15H,2H2,1H3,(H,22,23). The number of hydrogen-bond acceptors (Lipinski definition) is 3. The first kappa shape index (κ1) is 17.9. The van der Waals surface area contributed by atoms with Crippen LogP contribution in [0.1, 0.15) is 17.3 Å². The second-order valence-electron chi connectivity index (χ2n) is 5.83. The lowest BCUT2D eigenvalue weighted by Crippen LogP contribution is -2.12. The second kappa shape index (κ2) is 7.54. The number of hydrogen-bond donors (Lipinski definition) is 1. The van der Waals surface area contributed by atoms with E-state index in [9.17, 15) is 13.2 Å². The minimum Gasteiger partial charge on any atom is -0.322 e. The molecule has 0 saturated heterocycles. The highest BCUT2D eigenvalue weighted by atomic mass is 32.2. The van der Waals surface area contributed by atoms with Crippen LogP contribution in [0.3, 0.4) is 0 Å². The van der Waals surface area contributed by atoms with Crippen LogP contribution >= 0.6 is 0 Å². The largest absolute Gasteiger partial charge is 0.322 e. The van der Waals surface area contributed by atoms with Crippen molar-refractivity contribution >= 4 is 21.4 Å². The highest BCUT2D eigenvalue weighted by Crippen LogP contribution is 2.20. The normalized spacial score (nSPS) is 11.1.